The van der Waals surface area contributed by atoms with E-state index in [1.54, 1.807) is 0 Å². The third-order valence-corrected chi connectivity index (χ3v) is 5.12. The minimum atomic E-state index is 0.0545. The maximum absolute atomic E-state index is 13.0. The number of aryl methyl sites for hydroxylation is 4. The highest BCUT2D eigenvalue weighted by Gasteiger charge is 2.24. The minimum Gasteiger partial charge on any atom is -0.466 e. The Morgan fingerprint density at radius 2 is 2.15 bits per heavy atom. The van der Waals surface area contributed by atoms with Crippen molar-refractivity contribution in [1.82, 2.24) is 14.8 Å². The molecule has 27 heavy (non-hydrogen) atoms. The molecule has 0 bridgehead atoms. The smallest absolute Gasteiger partial charge is 0.223 e. The zero-order chi connectivity index (χ0) is 19.4. The number of carbonyl (C=O) groups is 1. The normalized spacial score (nSPS) is 18.0. The average Bonchev–Trinajstić information content (AvgIpc) is 3.17. The summed E-state index contributed by atoms with van der Waals surface area (Å²) in [6.45, 7) is 9.76. The third kappa shape index (κ3) is 5.47. The van der Waals surface area contributed by atoms with Gasteiger partial charge in [-0.25, -0.2) is 0 Å². The van der Waals surface area contributed by atoms with Gasteiger partial charge in [-0.2, -0.15) is 0 Å². The Kier molecular flexibility index (Phi) is 6.39. The summed E-state index contributed by atoms with van der Waals surface area (Å²) in [5.74, 6) is 1.88. The van der Waals surface area contributed by atoms with Gasteiger partial charge in [0.2, 0.25) is 5.91 Å². The molecule has 1 atom stereocenters. The van der Waals surface area contributed by atoms with Crippen LogP contribution in [0.1, 0.15) is 34.9 Å². The third-order valence-electron chi connectivity index (χ3n) is 5.12. The van der Waals surface area contributed by atoms with Crippen LogP contribution in [0.15, 0.2) is 22.6 Å². The lowest BCUT2D eigenvalue weighted by molar-refractivity contribution is -0.135. The second-order valence-corrected chi connectivity index (χ2v) is 7.64. The van der Waals surface area contributed by atoms with E-state index in [1.165, 1.54) is 5.56 Å². The molecule has 1 fully saturated rings. The molecule has 2 aromatic heterocycles. The molecule has 0 spiro atoms. The van der Waals surface area contributed by atoms with E-state index in [-0.39, 0.29) is 12.0 Å². The molecule has 2 aromatic rings. The van der Waals surface area contributed by atoms with Crippen molar-refractivity contribution in [3.63, 3.8) is 0 Å². The van der Waals surface area contributed by atoms with Crippen LogP contribution < -0.4 is 0 Å². The highest BCUT2D eigenvalue weighted by atomic mass is 16.5. The number of ether oxygens (including phenoxy) is 1. The van der Waals surface area contributed by atoms with Gasteiger partial charge in [0.1, 0.15) is 11.5 Å². The van der Waals surface area contributed by atoms with Crippen LogP contribution in [-0.2, 0) is 22.5 Å². The van der Waals surface area contributed by atoms with Gasteiger partial charge >= 0.3 is 0 Å². The van der Waals surface area contributed by atoms with E-state index in [0.717, 1.165) is 42.6 Å². The van der Waals surface area contributed by atoms with Crippen molar-refractivity contribution in [3.05, 3.63) is 46.7 Å². The first-order valence-electron chi connectivity index (χ1n) is 9.69. The van der Waals surface area contributed by atoms with E-state index in [9.17, 15) is 4.79 Å². The van der Waals surface area contributed by atoms with Crippen LogP contribution in [0, 0.1) is 20.8 Å². The quantitative estimate of drug-likeness (QED) is 0.811. The van der Waals surface area contributed by atoms with Crippen molar-refractivity contribution < 1.29 is 13.9 Å². The Morgan fingerprint density at radius 1 is 1.33 bits per heavy atom. The monoisotopic (exact) mass is 373 g/mol. The summed E-state index contributed by atoms with van der Waals surface area (Å²) >= 11 is 0. The van der Waals surface area contributed by atoms with Crippen LogP contribution in [0.2, 0.25) is 0 Å². The van der Waals surface area contributed by atoms with Gasteiger partial charge in [-0.3, -0.25) is 4.79 Å². The first kappa shape index (κ1) is 19.7. The van der Waals surface area contributed by atoms with Crippen LogP contribution in [0.4, 0.5) is 0 Å². The fourth-order valence-corrected chi connectivity index (χ4v) is 3.64. The zero-order valence-corrected chi connectivity index (χ0v) is 16.9. The number of likely N-dealkylation sites (N-methyl/N-ethyl adjacent to an activating group) is 1. The zero-order valence-electron chi connectivity index (χ0n) is 16.9. The van der Waals surface area contributed by atoms with Crippen molar-refractivity contribution in [2.75, 3.05) is 33.3 Å². The van der Waals surface area contributed by atoms with Crippen LogP contribution in [-0.4, -0.2) is 60.1 Å². The predicted octanol–water partition coefficient (Wildman–Crippen LogP) is 2.82. The number of rotatable bonds is 7. The van der Waals surface area contributed by atoms with Gasteiger partial charge in [-0.05, 0) is 51.6 Å². The maximum atomic E-state index is 13.0. The first-order chi connectivity index (χ1) is 12.9. The van der Waals surface area contributed by atoms with Crippen molar-refractivity contribution in [2.45, 2.75) is 46.3 Å². The van der Waals surface area contributed by atoms with Gasteiger partial charge in [-0.15, -0.1) is 0 Å². The number of nitrogens with zero attached hydrogens (tertiary/aromatic N) is 2. The average molecular weight is 373 g/mol. The minimum absolute atomic E-state index is 0.0545. The lowest BCUT2D eigenvalue weighted by atomic mass is 10.1. The number of aromatic amines is 1. The lowest BCUT2D eigenvalue weighted by Crippen LogP contribution is -2.47. The molecule has 1 N–H and O–H groups in total. The molecule has 1 aliphatic heterocycles. The van der Waals surface area contributed by atoms with Gasteiger partial charge in [0.05, 0.1) is 12.7 Å². The Balaban J connectivity index is 1.67. The summed E-state index contributed by atoms with van der Waals surface area (Å²) in [5.41, 5.74) is 3.40. The molecule has 1 amide bonds. The van der Waals surface area contributed by atoms with Crippen molar-refractivity contribution in [3.8, 4) is 0 Å². The maximum Gasteiger partial charge on any atom is 0.223 e. The molecule has 3 rings (SSSR count). The number of amides is 1. The molecule has 3 heterocycles. The largest absolute Gasteiger partial charge is 0.466 e. The molecular formula is C21H31N3O3. The van der Waals surface area contributed by atoms with E-state index in [2.05, 4.69) is 29.9 Å². The Bertz CT molecular complexity index is 765. The van der Waals surface area contributed by atoms with E-state index in [0.29, 0.717) is 25.9 Å². The highest BCUT2D eigenvalue weighted by molar-refractivity contribution is 5.76. The number of hydrogen-bond donors (Lipinski definition) is 1. The number of morpholine rings is 1. The van der Waals surface area contributed by atoms with Crippen molar-refractivity contribution in [1.29, 1.82) is 0 Å². The topological polar surface area (TPSA) is 61.7 Å². The van der Waals surface area contributed by atoms with Crippen LogP contribution in [0.25, 0.3) is 0 Å². The van der Waals surface area contributed by atoms with Gasteiger partial charge in [0.25, 0.3) is 0 Å². The summed E-state index contributed by atoms with van der Waals surface area (Å²) in [4.78, 5) is 20.5. The molecule has 0 aliphatic carbocycles. The molecule has 1 aliphatic rings. The number of carbonyl (C=O) groups excluding carboxylic acids is 1. The SMILES string of the molecule is Cc1cc(CN(CC2CN(C)CCO2)C(=O)CCc2ccc(C)o2)c(C)[nH]1. The van der Waals surface area contributed by atoms with Crippen LogP contribution in [0.5, 0.6) is 0 Å². The van der Waals surface area contributed by atoms with Crippen LogP contribution >= 0.6 is 0 Å². The summed E-state index contributed by atoms with van der Waals surface area (Å²) in [6, 6.07) is 6.01. The second-order valence-electron chi connectivity index (χ2n) is 7.64. The molecule has 1 saturated heterocycles. The Hall–Kier alpha value is -2.05. The second kappa shape index (κ2) is 8.76. The molecule has 6 nitrogen and oxygen atoms in total. The van der Waals surface area contributed by atoms with Crippen LogP contribution in [0.3, 0.4) is 0 Å². The molecule has 1 unspecified atom stereocenters. The summed E-state index contributed by atoms with van der Waals surface area (Å²) in [6.07, 6.45) is 1.12. The van der Waals surface area contributed by atoms with Crippen molar-refractivity contribution in [2.24, 2.45) is 0 Å². The van der Waals surface area contributed by atoms with E-state index in [1.807, 2.05) is 30.9 Å². The molecule has 0 saturated carbocycles. The van der Waals surface area contributed by atoms with Gasteiger partial charge in [0.15, 0.2) is 0 Å². The molecule has 6 heteroatoms. The van der Waals surface area contributed by atoms with Crippen molar-refractivity contribution >= 4 is 5.91 Å². The summed E-state index contributed by atoms with van der Waals surface area (Å²) in [7, 11) is 2.10. The van der Waals surface area contributed by atoms with E-state index >= 15 is 0 Å². The van der Waals surface area contributed by atoms with Gasteiger partial charge < -0.3 is 23.9 Å². The first-order valence-corrected chi connectivity index (χ1v) is 9.69. The molecule has 0 radical (unpaired) electrons. The summed E-state index contributed by atoms with van der Waals surface area (Å²) < 4.78 is 11.5. The lowest BCUT2D eigenvalue weighted by Gasteiger charge is -2.34. The number of H-pyrrole nitrogens is 1. The Labute approximate surface area is 161 Å². The number of hydrogen-bond acceptors (Lipinski definition) is 4. The standard InChI is InChI=1S/C21H31N3O3/c1-15-11-18(17(3)22-15)12-24(14-20-13-23(4)9-10-26-20)21(25)8-7-19-6-5-16(2)27-19/h5-6,11,20,22H,7-10,12-14H2,1-4H3. The van der Waals surface area contributed by atoms with Gasteiger partial charge in [-0.1, -0.05) is 0 Å². The summed E-state index contributed by atoms with van der Waals surface area (Å²) in [5, 5.41) is 0. The van der Waals surface area contributed by atoms with E-state index in [4.69, 9.17) is 9.15 Å². The fraction of sp³-hybridized carbons (Fsp3) is 0.571. The number of aromatic nitrogens is 1. The predicted molar refractivity (Wildman–Crippen MR) is 105 cm³/mol. The molecular weight excluding hydrogens is 342 g/mol. The fourth-order valence-electron chi connectivity index (χ4n) is 3.64. The Morgan fingerprint density at radius 3 is 2.78 bits per heavy atom. The highest BCUT2D eigenvalue weighted by Crippen LogP contribution is 2.17. The van der Waals surface area contributed by atoms with Gasteiger partial charge in [0, 0.05) is 50.4 Å². The number of nitrogens with one attached hydrogen (secondary N) is 1. The van der Waals surface area contributed by atoms with E-state index < -0.39 is 0 Å². The molecule has 0 aromatic carbocycles. The molecule has 148 valence electrons. The number of furan rings is 1.